The summed E-state index contributed by atoms with van der Waals surface area (Å²) in [5.74, 6) is 1.01. The molecule has 1 saturated heterocycles. The summed E-state index contributed by atoms with van der Waals surface area (Å²) >= 11 is 1.91. The predicted molar refractivity (Wildman–Crippen MR) is 63.5 cm³/mol. The number of nitrogens with two attached hydrogens (primary N) is 1. The Kier molecular flexibility index (Phi) is 3.32. The van der Waals surface area contributed by atoms with Gasteiger partial charge in [0.25, 0.3) is 0 Å². The highest BCUT2D eigenvalue weighted by atomic mass is 32.2. The van der Waals surface area contributed by atoms with Crippen LogP contribution in [0.15, 0.2) is 18.2 Å². The Morgan fingerprint density at radius 2 is 2.27 bits per heavy atom. The van der Waals surface area contributed by atoms with Crippen molar-refractivity contribution in [1.29, 1.82) is 0 Å². The second-order valence-corrected chi connectivity index (χ2v) is 5.49. The van der Waals surface area contributed by atoms with Crippen LogP contribution in [-0.2, 0) is 0 Å². The number of hydrogen-bond donors (Lipinski definition) is 1. The van der Waals surface area contributed by atoms with Crippen LogP contribution >= 0.6 is 11.8 Å². The molecule has 2 N–H and O–H groups in total. The molecule has 15 heavy (non-hydrogen) atoms. The highest BCUT2D eigenvalue weighted by Crippen LogP contribution is 2.34. The summed E-state index contributed by atoms with van der Waals surface area (Å²) < 4.78 is 13.2. The third-order valence-corrected chi connectivity index (χ3v) is 4.30. The molecular formula is C12H16FNS. The molecule has 3 heteroatoms. The van der Waals surface area contributed by atoms with Gasteiger partial charge in [0.1, 0.15) is 5.82 Å². The first-order valence-electron chi connectivity index (χ1n) is 5.31. The van der Waals surface area contributed by atoms with E-state index in [0.29, 0.717) is 5.25 Å². The summed E-state index contributed by atoms with van der Waals surface area (Å²) in [4.78, 5) is 0. The Bertz CT molecular complexity index is 327. The Hall–Kier alpha value is -0.540. The summed E-state index contributed by atoms with van der Waals surface area (Å²) in [7, 11) is 0. The van der Waals surface area contributed by atoms with E-state index in [4.69, 9.17) is 5.73 Å². The fourth-order valence-electron chi connectivity index (χ4n) is 2.06. The molecule has 1 aliphatic rings. The van der Waals surface area contributed by atoms with Gasteiger partial charge in [-0.3, -0.25) is 0 Å². The van der Waals surface area contributed by atoms with E-state index in [1.54, 1.807) is 6.07 Å². The van der Waals surface area contributed by atoms with E-state index < -0.39 is 0 Å². The largest absolute Gasteiger partial charge is 0.323 e. The molecule has 2 unspecified atom stereocenters. The van der Waals surface area contributed by atoms with Gasteiger partial charge in [-0.15, -0.1) is 0 Å². The molecule has 1 aliphatic heterocycles. The number of hydrogen-bond acceptors (Lipinski definition) is 2. The normalized spacial score (nSPS) is 23.0. The van der Waals surface area contributed by atoms with Crippen molar-refractivity contribution in [3.63, 3.8) is 0 Å². The lowest BCUT2D eigenvalue weighted by Crippen LogP contribution is -2.21. The minimum Gasteiger partial charge on any atom is -0.323 e. The Balaban J connectivity index is 2.20. The average Bonchev–Trinajstić information content (AvgIpc) is 2.67. The maximum Gasteiger partial charge on any atom is 0.123 e. The Morgan fingerprint density at radius 3 is 2.87 bits per heavy atom. The van der Waals surface area contributed by atoms with Crippen molar-refractivity contribution in [1.82, 2.24) is 0 Å². The zero-order valence-electron chi connectivity index (χ0n) is 8.87. The molecular weight excluding hydrogens is 209 g/mol. The van der Waals surface area contributed by atoms with Crippen molar-refractivity contribution in [2.24, 2.45) is 5.73 Å². The van der Waals surface area contributed by atoms with Gasteiger partial charge < -0.3 is 5.73 Å². The standard InChI is InChI=1S/C12H16FNS/c1-8-5-9(7-10(13)6-8)12(14)11-3-2-4-15-11/h5-7,11-12H,2-4,14H2,1H3. The van der Waals surface area contributed by atoms with Gasteiger partial charge in [0, 0.05) is 11.3 Å². The van der Waals surface area contributed by atoms with Crippen LogP contribution in [0.4, 0.5) is 4.39 Å². The van der Waals surface area contributed by atoms with Crippen molar-refractivity contribution in [3.05, 3.63) is 35.1 Å². The average molecular weight is 225 g/mol. The molecule has 1 fully saturated rings. The molecule has 0 saturated carbocycles. The smallest absolute Gasteiger partial charge is 0.123 e. The van der Waals surface area contributed by atoms with Crippen molar-refractivity contribution in [3.8, 4) is 0 Å². The van der Waals surface area contributed by atoms with Crippen molar-refractivity contribution in [2.75, 3.05) is 5.75 Å². The SMILES string of the molecule is Cc1cc(F)cc(C(N)C2CCCS2)c1. The van der Waals surface area contributed by atoms with E-state index in [0.717, 1.165) is 17.5 Å². The number of aryl methyl sites for hydroxylation is 1. The molecule has 2 rings (SSSR count). The summed E-state index contributed by atoms with van der Waals surface area (Å²) in [6.07, 6.45) is 2.39. The maximum absolute atomic E-state index is 13.2. The number of rotatable bonds is 2. The molecule has 0 spiro atoms. The van der Waals surface area contributed by atoms with Gasteiger partial charge in [0.05, 0.1) is 0 Å². The predicted octanol–water partition coefficient (Wildman–Crippen LogP) is 3.03. The second kappa shape index (κ2) is 4.54. The number of halogens is 1. The highest BCUT2D eigenvalue weighted by molar-refractivity contribution is 8.00. The molecule has 1 aromatic rings. The fraction of sp³-hybridized carbons (Fsp3) is 0.500. The van der Waals surface area contributed by atoms with Gasteiger partial charge >= 0.3 is 0 Å². The van der Waals surface area contributed by atoms with Crippen molar-refractivity contribution in [2.45, 2.75) is 31.1 Å². The summed E-state index contributed by atoms with van der Waals surface area (Å²) in [5.41, 5.74) is 8.04. The third kappa shape index (κ3) is 2.52. The first-order valence-corrected chi connectivity index (χ1v) is 6.36. The van der Waals surface area contributed by atoms with Crippen LogP contribution < -0.4 is 5.73 Å². The van der Waals surface area contributed by atoms with Crippen LogP contribution in [0.25, 0.3) is 0 Å². The molecule has 0 aromatic heterocycles. The van der Waals surface area contributed by atoms with E-state index in [1.165, 1.54) is 18.2 Å². The van der Waals surface area contributed by atoms with Crippen LogP contribution in [0.5, 0.6) is 0 Å². The minimum atomic E-state index is -0.177. The minimum absolute atomic E-state index is 0.0214. The van der Waals surface area contributed by atoms with Crippen LogP contribution in [0, 0.1) is 12.7 Å². The molecule has 0 bridgehead atoms. The van der Waals surface area contributed by atoms with Gasteiger partial charge in [-0.2, -0.15) is 11.8 Å². The molecule has 1 aromatic carbocycles. The van der Waals surface area contributed by atoms with Crippen LogP contribution in [0.3, 0.4) is 0 Å². The fourth-order valence-corrected chi connectivity index (χ4v) is 3.39. The first kappa shape index (κ1) is 11.0. The number of thioether (sulfide) groups is 1. The monoisotopic (exact) mass is 225 g/mol. The van der Waals surface area contributed by atoms with Gasteiger partial charge in [-0.05, 0) is 48.8 Å². The molecule has 0 aliphatic carbocycles. The summed E-state index contributed by atoms with van der Waals surface area (Å²) in [5, 5.41) is 0.464. The van der Waals surface area contributed by atoms with Crippen LogP contribution in [-0.4, -0.2) is 11.0 Å². The van der Waals surface area contributed by atoms with E-state index >= 15 is 0 Å². The third-order valence-electron chi connectivity index (χ3n) is 2.81. The van der Waals surface area contributed by atoms with Crippen LogP contribution in [0.1, 0.15) is 30.0 Å². The lowest BCUT2D eigenvalue weighted by atomic mass is 10.00. The molecule has 0 amide bonds. The topological polar surface area (TPSA) is 26.0 Å². The molecule has 82 valence electrons. The van der Waals surface area contributed by atoms with E-state index in [2.05, 4.69) is 0 Å². The van der Waals surface area contributed by atoms with E-state index in [1.807, 2.05) is 24.8 Å². The Morgan fingerprint density at radius 1 is 1.47 bits per heavy atom. The first-order chi connectivity index (χ1) is 7.16. The molecule has 2 atom stereocenters. The van der Waals surface area contributed by atoms with Crippen molar-refractivity contribution >= 4 is 11.8 Å². The number of benzene rings is 1. The molecule has 0 radical (unpaired) electrons. The summed E-state index contributed by atoms with van der Waals surface area (Å²) in [6, 6.07) is 5.08. The lowest BCUT2D eigenvalue weighted by molar-refractivity contribution is 0.607. The maximum atomic E-state index is 13.2. The summed E-state index contributed by atoms with van der Waals surface area (Å²) in [6.45, 7) is 1.90. The lowest BCUT2D eigenvalue weighted by Gasteiger charge is -2.19. The van der Waals surface area contributed by atoms with E-state index in [9.17, 15) is 4.39 Å². The van der Waals surface area contributed by atoms with Crippen LogP contribution in [0.2, 0.25) is 0 Å². The van der Waals surface area contributed by atoms with Gasteiger partial charge in [-0.25, -0.2) is 4.39 Å². The zero-order chi connectivity index (χ0) is 10.8. The highest BCUT2D eigenvalue weighted by Gasteiger charge is 2.24. The van der Waals surface area contributed by atoms with Gasteiger partial charge in [0.15, 0.2) is 0 Å². The zero-order valence-corrected chi connectivity index (χ0v) is 9.69. The van der Waals surface area contributed by atoms with Crippen molar-refractivity contribution < 1.29 is 4.39 Å². The van der Waals surface area contributed by atoms with Gasteiger partial charge in [-0.1, -0.05) is 6.07 Å². The quantitative estimate of drug-likeness (QED) is 0.837. The Labute approximate surface area is 94.2 Å². The second-order valence-electron chi connectivity index (χ2n) is 4.14. The molecule has 1 nitrogen and oxygen atoms in total. The molecule has 1 heterocycles. The van der Waals surface area contributed by atoms with Gasteiger partial charge in [0.2, 0.25) is 0 Å². The van der Waals surface area contributed by atoms with E-state index in [-0.39, 0.29) is 11.9 Å².